The highest BCUT2D eigenvalue weighted by atomic mass is 15.2. The number of allylic oxidation sites excluding steroid dienone is 4. The van der Waals surface area contributed by atoms with E-state index in [1.807, 2.05) is 12.2 Å². The van der Waals surface area contributed by atoms with Crippen molar-refractivity contribution in [3.05, 3.63) is 23.8 Å². The lowest BCUT2D eigenvalue weighted by molar-refractivity contribution is 0.873. The van der Waals surface area contributed by atoms with E-state index in [1.54, 1.807) is 6.21 Å². The summed E-state index contributed by atoms with van der Waals surface area (Å²) in [5, 5.41) is 8.05. The van der Waals surface area contributed by atoms with Crippen molar-refractivity contribution in [2.75, 3.05) is 0 Å². The molecule has 0 unspecified atom stereocenters. The van der Waals surface area contributed by atoms with Gasteiger partial charge in [-0.1, -0.05) is 26.0 Å². The number of hydrogen-bond acceptors (Lipinski definition) is 2. The van der Waals surface area contributed by atoms with Gasteiger partial charge < -0.3 is 0 Å². The lowest BCUT2D eigenvalue weighted by Crippen LogP contribution is -2.08. The van der Waals surface area contributed by atoms with Gasteiger partial charge in [-0.05, 0) is 24.5 Å². The molecule has 0 aromatic heterocycles. The van der Waals surface area contributed by atoms with Crippen molar-refractivity contribution < 1.29 is 0 Å². The molecule has 0 aliphatic carbocycles. The van der Waals surface area contributed by atoms with Gasteiger partial charge in [0, 0.05) is 6.21 Å². The zero-order valence-corrected chi connectivity index (χ0v) is 7.78. The number of nitrogens with zero attached hydrogens (tertiary/aromatic N) is 2. The maximum absolute atomic E-state index is 4.13. The van der Waals surface area contributed by atoms with Gasteiger partial charge in [-0.3, -0.25) is 0 Å². The average Bonchev–Trinajstić information content (AvgIpc) is 1.96. The Morgan fingerprint density at radius 2 is 2.00 bits per heavy atom. The number of rotatable bonds is 1. The molecule has 0 bridgehead atoms. The first-order valence-electron chi connectivity index (χ1n) is 4.16. The molecule has 0 saturated heterocycles. The van der Waals surface area contributed by atoms with Crippen LogP contribution < -0.4 is 0 Å². The molecule has 0 spiro atoms. The van der Waals surface area contributed by atoms with E-state index >= 15 is 0 Å². The zero-order chi connectivity index (χ0) is 8.97. The largest absolute Gasteiger partial charge is 0.159 e. The maximum Gasteiger partial charge on any atom is 0.0684 e. The van der Waals surface area contributed by atoms with E-state index in [2.05, 4.69) is 37.1 Å². The van der Waals surface area contributed by atoms with Crippen LogP contribution in [-0.2, 0) is 0 Å². The molecule has 0 fully saturated rings. The van der Waals surface area contributed by atoms with Crippen molar-refractivity contribution in [3.63, 3.8) is 0 Å². The van der Waals surface area contributed by atoms with Crippen LogP contribution in [-0.4, -0.2) is 11.9 Å². The lowest BCUT2D eigenvalue weighted by Gasteiger charge is -2.08. The van der Waals surface area contributed by atoms with Crippen LogP contribution in [0.3, 0.4) is 0 Å². The molecule has 0 amide bonds. The summed E-state index contributed by atoms with van der Waals surface area (Å²) in [5.41, 5.74) is 2.26. The molecule has 2 heteroatoms. The van der Waals surface area contributed by atoms with E-state index in [1.165, 1.54) is 5.57 Å². The van der Waals surface area contributed by atoms with E-state index in [0.29, 0.717) is 5.92 Å². The molecule has 1 rings (SSSR count). The summed E-state index contributed by atoms with van der Waals surface area (Å²) in [6, 6.07) is 0. The highest BCUT2D eigenvalue weighted by Crippen LogP contribution is 2.09. The minimum atomic E-state index is 0.435. The molecule has 12 heavy (non-hydrogen) atoms. The van der Waals surface area contributed by atoms with Crippen molar-refractivity contribution in [1.82, 2.24) is 0 Å². The van der Waals surface area contributed by atoms with E-state index in [-0.39, 0.29) is 0 Å². The molecule has 0 saturated carbocycles. The molecular weight excluding hydrogens is 148 g/mol. The second-order valence-electron chi connectivity index (χ2n) is 3.14. The Bertz CT molecular complexity index is 268. The standard InChI is InChI=1S/C10H14N2/c1-8(2)10-9(3)6-4-5-7-11-12-10/h4-8H,1-3H3/b5-4-,6-4?,7-5?,9-6+,10-9?,11-7+,12-10-,12-11?. The van der Waals surface area contributed by atoms with Crippen LogP contribution in [0.25, 0.3) is 0 Å². The predicted molar refractivity (Wildman–Crippen MR) is 53.7 cm³/mol. The molecule has 64 valence electrons. The molecule has 1 aliphatic heterocycles. The van der Waals surface area contributed by atoms with E-state index < -0.39 is 0 Å². The molecule has 0 aromatic rings. The summed E-state index contributed by atoms with van der Waals surface area (Å²) in [5.74, 6) is 0.435. The van der Waals surface area contributed by atoms with Gasteiger partial charge in [0.15, 0.2) is 0 Å². The molecule has 2 nitrogen and oxygen atoms in total. The molecule has 0 N–H and O–H groups in total. The molecule has 0 radical (unpaired) electrons. The summed E-state index contributed by atoms with van der Waals surface area (Å²) in [4.78, 5) is 0. The summed E-state index contributed by atoms with van der Waals surface area (Å²) in [7, 11) is 0. The first-order valence-corrected chi connectivity index (χ1v) is 4.16. The smallest absolute Gasteiger partial charge is 0.0684 e. The van der Waals surface area contributed by atoms with Gasteiger partial charge in [-0.2, -0.15) is 10.2 Å². The summed E-state index contributed by atoms with van der Waals surface area (Å²) in [6.45, 7) is 6.30. The van der Waals surface area contributed by atoms with Crippen molar-refractivity contribution >= 4 is 11.9 Å². The van der Waals surface area contributed by atoms with E-state index in [9.17, 15) is 0 Å². The topological polar surface area (TPSA) is 24.7 Å². The van der Waals surface area contributed by atoms with Crippen LogP contribution in [0.2, 0.25) is 0 Å². The quantitative estimate of drug-likeness (QED) is 0.566. The highest BCUT2D eigenvalue weighted by Gasteiger charge is 2.06. The normalized spacial score (nSPS) is 31.0. The predicted octanol–water partition coefficient (Wildman–Crippen LogP) is 2.59. The highest BCUT2D eigenvalue weighted by molar-refractivity contribution is 6.01. The third-order valence-corrected chi connectivity index (χ3v) is 1.73. The first-order chi connectivity index (χ1) is 5.72. The summed E-state index contributed by atoms with van der Waals surface area (Å²) < 4.78 is 0. The molecular formula is C10H14N2. The van der Waals surface area contributed by atoms with Crippen LogP contribution in [0, 0.1) is 5.92 Å². The first kappa shape index (κ1) is 8.91. The zero-order valence-electron chi connectivity index (χ0n) is 7.78. The van der Waals surface area contributed by atoms with Gasteiger partial charge in [-0.15, -0.1) is 0 Å². The second kappa shape index (κ2) is 4.00. The van der Waals surface area contributed by atoms with Gasteiger partial charge in [0.1, 0.15) is 0 Å². The summed E-state index contributed by atoms with van der Waals surface area (Å²) in [6.07, 6.45) is 7.62. The SMILES string of the molecule is CC1=C\C=C/C=N/N=C\1C(C)C. The fourth-order valence-corrected chi connectivity index (χ4v) is 1.12. The Kier molecular flexibility index (Phi) is 2.97. The van der Waals surface area contributed by atoms with Crippen molar-refractivity contribution in [2.45, 2.75) is 20.8 Å². The van der Waals surface area contributed by atoms with Crippen LogP contribution in [0.5, 0.6) is 0 Å². The van der Waals surface area contributed by atoms with Crippen LogP contribution in [0.4, 0.5) is 0 Å². The summed E-state index contributed by atoms with van der Waals surface area (Å²) >= 11 is 0. The Morgan fingerprint density at radius 3 is 2.67 bits per heavy atom. The van der Waals surface area contributed by atoms with Gasteiger partial charge >= 0.3 is 0 Å². The van der Waals surface area contributed by atoms with Gasteiger partial charge in [0.05, 0.1) is 5.71 Å². The third-order valence-electron chi connectivity index (χ3n) is 1.73. The fraction of sp³-hybridized carbons (Fsp3) is 0.400. The second-order valence-corrected chi connectivity index (χ2v) is 3.14. The minimum Gasteiger partial charge on any atom is -0.159 e. The van der Waals surface area contributed by atoms with Crippen molar-refractivity contribution in [1.29, 1.82) is 0 Å². The third kappa shape index (κ3) is 2.16. The van der Waals surface area contributed by atoms with Crippen molar-refractivity contribution in [3.8, 4) is 0 Å². The Balaban J connectivity index is 2.95. The monoisotopic (exact) mass is 162 g/mol. The minimum absolute atomic E-state index is 0.435. The molecule has 1 heterocycles. The van der Waals surface area contributed by atoms with E-state index in [4.69, 9.17) is 0 Å². The maximum atomic E-state index is 4.13. The van der Waals surface area contributed by atoms with Crippen LogP contribution in [0.15, 0.2) is 34.0 Å². The van der Waals surface area contributed by atoms with Gasteiger partial charge in [0.2, 0.25) is 0 Å². The number of hydrogen-bond donors (Lipinski definition) is 0. The fourth-order valence-electron chi connectivity index (χ4n) is 1.12. The Morgan fingerprint density at radius 1 is 1.25 bits per heavy atom. The lowest BCUT2D eigenvalue weighted by atomic mass is 10.0. The molecule has 0 aromatic carbocycles. The molecule has 1 aliphatic rings. The Labute approximate surface area is 73.4 Å². The van der Waals surface area contributed by atoms with Crippen LogP contribution >= 0.6 is 0 Å². The molecule has 0 atom stereocenters. The van der Waals surface area contributed by atoms with E-state index in [0.717, 1.165) is 5.71 Å². The average molecular weight is 162 g/mol. The Hall–Kier alpha value is -1.18. The van der Waals surface area contributed by atoms with Crippen molar-refractivity contribution in [2.24, 2.45) is 16.1 Å². The van der Waals surface area contributed by atoms with Crippen LogP contribution in [0.1, 0.15) is 20.8 Å². The van der Waals surface area contributed by atoms with Gasteiger partial charge in [-0.25, -0.2) is 0 Å². The van der Waals surface area contributed by atoms with Gasteiger partial charge in [0.25, 0.3) is 0 Å².